The Morgan fingerprint density at radius 3 is 2.33 bits per heavy atom. The van der Waals surface area contributed by atoms with Crippen molar-refractivity contribution in [3.63, 3.8) is 0 Å². The minimum atomic E-state index is -0.827. The van der Waals surface area contributed by atoms with Gasteiger partial charge in [0.15, 0.2) is 0 Å². The first-order chi connectivity index (χ1) is 12.9. The lowest BCUT2D eigenvalue weighted by atomic mass is 10.1. The minimum Gasteiger partial charge on any atom is -0.326 e. The molecule has 1 aliphatic heterocycles. The van der Waals surface area contributed by atoms with Crippen molar-refractivity contribution in [2.75, 3.05) is 4.90 Å². The molecule has 0 saturated carbocycles. The average molecular weight is 361 g/mol. The molecule has 1 fully saturated rings. The molecule has 2 aromatic rings. The van der Waals surface area contributed by atoms with E-state index in [1.54, 1.807) is 24.3 Å². The molecule has 0 N–H and O–H groups in total. The van der Waals surface area contributed by atoms with Crippen LogP contribution in [0.25, 0.3) is 0 Å². The Morgan fingerprint density at radius 1 is 1.15 bits per heavy atom. The number of carbonyl (C=O) groups is 3. The predicted octanol–water partition coefficient (Wildman–Crippen LogP) is 2.55. The largest absolute Gasteiger partial charge is 0.326 e. The SMILES string of the molecule is CC(=O)N(Cc1ccc(C)cc1)C1CC(=O)N(c2ccc(C#N)cc2)C1=O. The number of hydrogen-bond acceptors (Lipinski definition) is 4. The second kappa shape index (κ2) is 7.42. The maximum absolute atomic E-state index is 12.9. The van der Waals surface area contributed by atoms with Crippen LogP contribution in [-0.4, -0.2) is 28.7 Å². The van der Waals surface area contributed by atoms with Crippen molar-refractivity contribution in [2.24, 2.45) is 0 Å². The Balaban J connectivity index is 1.85. The van der Waals surface area contributed by atoms with Gasteiger partial charge in [0.2, 0.25) is 11.8 Å². The number of benzene rings is 2. The van der Waals surface area contributed by atoms with E-state index in [1.807, 2.05) is 37.3 Å². The summed E-state index contributed by atoms with van der Waals surface area (Å²) in [6.07, 6.45) is -0.0513. The van der Waals surface area contributed by atoms with E-state index in [-0.39, 0.29) is 24.8 Å². The van der Waals surface area contributed by atoms with Crippen molar-refractivity contribution >= 4 is 23.4 Å². The quantitative estimate of drug-likeness (QED) is 0.784. The smallest absolute Gasteiger partial charge is 0.257 e. The van der Waals surface area contributed by atoms with Crippen LogP contribution in [0, 0.1) is 18.3 Å². The first kappa shape index (κ1) is 18.3. The van der Waals surface area contributed by atoms with Crippen LogP contribution >= 0.6 is 0 Å². The number of imide groups is 1. The van der Waals surface area contributed by atoms with Gasteiger partial charge in [-0.2, -0.15) is 5.26 Å². The Kier molecular flexibility index (Phi) is 5.04. The summed E-state index contributed by atoms with van der Waals surface area (Å²) in [5, 5.41) is 8.89. The summed E-state index contributed by atoms with van der Waals surface area (Å²) >= 11 is 0. The van der Waals surface area contributed by atoms with Gasteiger partial charge in [-0.1, -0.05) is 29.8 Å². The van der Waals surface area contributed by atoms with E-state index < -0.39 is 11.9 Å². The van der Waals surface area contributed by atoms with E-state index in [2.05, 4.69) is 0 Å². The fourth-order valence-corrected chi connectivity index (χ4v) is 3.15. The summed E-state index contributed by atoms with van der Waals surface area (Å²) < 4.78 is 0. The van der Waals surface area contributed by atoms with Crippen molar-refractivity contribution in [1.29, 1.82) is 5.26 Å². The first-order valence-electron chi connectivity index (χ1n) is 8.60. The van der Waals surface area contributed by atoms with E-state index in [1.165, 1.54) is 11.8 Å². The van der Waals surface area contributed by atoms with Crippen LogP contribution in [0.2, 0.25) is 0 Å². The molecular formula is C21H19N3O3. The second-order valence-corrected chi connectivity index (χ2v) is 6.58. The van der Waals surface area contributed by atoms with Crippen molar-refractivity contribution in [1.82, 2.24) is 4.90 Å². The molecule has 2 aromatic carbocycles. The van der Waals surface area contributed by atoms with Crippen molar-refractivity contribution < 1.29 is 14.4 Å². The summed E-state index contributed by atoms with van der Waals surface area (Å²) in [5.74, 6) is -1.04. The summed E-state index contributed by atoms with van der Waals surface area (Å²) in [4.78, 5) is 40.1. The lowest BCUT2D eigenvalue weighted by Gasteiger charge is -2.26. The molecule has 0 bridgehead atoms. The number of nitriles is 1. The predicted molar refractivity (Wildman–Crippen MR) is 99.5 cm³/mol. The molecule has 0 spiro atoms. The molecule has 1 aliphatic rings. The zero-order chi connectivity index (χ0) is 19.6. The summed E-state index contributed by atoms with van der Waals surface area (Å²) in [6, 6.07) is 15.1. The van der Waals surface area contributed by atoms with Crippen LogP contribution < -0.4 is 4.90 Å². The molecule has 3 rings (SSSR count). The zero-order valence-electron chi connectivity index (χ0n) is 15.2. The molecule has 3 amide bonds. The van der Waals surface area contributed by atoms with Gasteiger partial charge >= 0.3 is 0 Å². The van der Waals surface area contributed by atoms with Gasteiger partial charge in [-0.05, 0) is 36.8 Å². The van der Waals surface area contributed by atoms with Gasteiger partial charge in [0.05, 0.1) is 23.7 Å². The second-order valence-electron chi connectivity index (χ2n) is 6.58. The number of nitrogens with zero attached hydrogens (tertiary/aromatic N) is 3. The highest BCUT2D eigenvalue weighted by Crippen LogP contribution is 2.27. The van der Waals surface area contributed by atoms with Gasteiger partial charge in [0.25, 0.3) is 5.91 Å². The third-order valence-electron chi connectivity index (χ3n) is 4.63. The summed E-state index contributed by atoms with van der Waals surface area (Å²) in [5.41, 5.74) is 2.85. The van der Waals surface area contributed by atoms with Crippen LogP contribution in [0.15, 0.2) is 48.5 Å². The molecule has 6 heteroatoms. The summed E-state index contributed by atoms with van der Waals surface area (Å²) in [7, 11) is 0. The molecule has 0 radical (unpaired) electrons. The third-order valence-corrected chi connectivity index (χ3v) is 4.63. The Morgan fingerprint density at radius 2 is 1.78 bits per heavy atom. The molecule has 136 valence electrons. The lowest BCUT2D eigenvalue weighted by molar-refractivity contribution is -0.137. The molecular weight excluding hydrogens is 342 g/mol. The number of rotatable bonds is 4. The van der Waals surface area contributed by atoms with Gasteiger partial charge in [0.1, 0.15) is 6.04 Å². The van der Waals surface area contributed by atoms with Crippen LogP contribution in [0.1, 0.15) is 30.0 Å². The highest BCUT2D eigenvalue weighted by atomic mass is 16.2. The number of amides is 3. The van der Waals surface area contributed by atoms with E-state index in [0.29, 0.717) is 11.3 Å². The van der Waals surface area contributed by atoms with Crippen molar-refractivity contribution in [3.8, 4) is 6.07 Å². The molecule has 0 aliphatic carbocycles. The summed E-state index contributed by atoms with van der Waals surface area (Å²) in [6.45, 7) is 3.64. The monoisotopic (exact) mass is 361 g/mol. The Hall–Kier alpha value is -3.46. The fraction of sp³-hybridized carbons (Fsp3) is 0.238. The molecule has 0 aromatic heterocycles. The standard InChI is InChI=1S/C21H19N3O3/c1-14-3-5-17(6-4-14)13-23(15(2)25)19-11-20(26)24(21(19)27)18-9-7-16(12-22)8-10-18/h3-10,19H,11,13H2,1-2H3. The molecule has 1 saturated heterocycles. The molecule has 1 heterocycles. The first-order valence-corrected chi connectivity index (χ1v) is 8.60. The van der Waals surface area contributed by atoms with E-state index in [9.17, 15) is 14.4 Å². The molecule has 6 nitrogen and oxygen atoms in total. The van der Waals surface area contributed by atoms with Gasteiger partial charge in [-0.25, -0.2) is 4.90 Å². The topological polar surface area (TPSA) is 81.5 Å². The van der Waals surface area contributed by atoms with E-state index in [0.717, 1.165) is 16.0 Å². The van der Waals surface area contributed by atoms with Crippen molar-refractivity contribution in [2.45, 2.75) is 32.9 Å². The van der Waals surface area contributed by atoms with Crippen LogP contribution in [0.4, 0.5) is 5.69 Å². The fourth-order valence-electron chi connectivity index (χ4n) is 3.15. The van der Waals surface area contributed by atoms with Gasteiger partial charge in [-0.3, -0.25) is 14.4 Å². The maximum atomic E-state index is 12.9. The van der Waals surface area contributed by atoms with Crippen molar-refractivity contribution in [3.05, 3.63) is 65.2 Å². The highest BCUT2D eigenvalue weighted by Gasteiger charge is 2.43. The van der Waals surface area contributed by atoms with Gasteiger partial charge < -0.3 is 4.90 Å². The highest BCUT2D eigenvalue weighted by molar-refractivity contribution is 6.23. The lowest BCUT2D eigenvalue weighted by Crippen LogP contribution is -2.44. The molecule has 27 heavy (non-hydrogen) atoms. The average Bonchev–Trinajstić information content (AvgIpc) is 2.95. The van der Waals surface area contributed by atoms with Gasteiger partial charge in [0, 0.05) is 13.5 Å². The van der Waals surface area contributed by atoms with Gasteiger partial charge in [-0.15, -0.1) is 0 Å². The number of anilines is 1. The third kappa shape index (κ3) is 3.72. The van der Waals surface area contributed by atoms with Crippen LogP contribution in [0.3, 0.4) is 0 Å². The Bertz CT molecular complexity index is 927. The number of hydrogen-bond donors (Lipinski definition) is 0. The van der Waals surface area contributed by atoms with Crippen LogP contribution in [0.5, 0.6) is 0 Å². The zero-order valence-corrected chi connectivity index (χ0v) is 15.2. The maximum Gasteiger partial charge on any atom is 0.257 e. The van der Waals surface area contributed by atoms with Crippen LogP contribution in [-0.2, 0) is 20.9 Å². The number of aryl methyl sites for hydroxylation is 1. The Labute approximate surface area is 157 Å². The normalized spacial score (nSPS) is 16.3. The van der Waals surface area contributed by atoms with E-state index >= 15 is 0 Å². The number of carbonyl (C=O) groups excluding carboxylic acids is 3. The molecule has 1 atom stereocenters. The minimum absolute atomic E-state index is 0.0513. The van der Waals surface area contributed by atoms with E-state index in [4.69, 9.17) is 5.26 Å². The molecule has 1 unspecified atom stereocenters.